The van der Waals surface area contributed by atoms with Crippen molar-refractivity contribution in [3.63, 3.8) is 0 Å². The summed E-state index contributed by atoms with van der Waals surface area (Å²) in [5.41, 5.74) is 3.51. The zero-order chi connectivity index (χ0) is 24.4. The zero-order valence-corrected chi connectivity index (χ0v) is 21.5. The van der Waals surface area contributed by atoms with E-state index in [0.717, 1.165) is 65.0 Å². The number of nitrogens with zero attached hydrogens (tertiary/aromatic N) is 4. The van der Waals surface area contributed by atoms with Gasteiger partial charge in [0.2, 0.25) is 0 Å². The molecule has 2 aromatic rings. The first kappa shape index (κ1) is 24.3. The van der Waals surface area contributed by atoms with E-state index in [1.165, 1.54) is 34.9 Å². The van der Waals surface area contributed by atoms with Gasteiger partial charge in [-0.15, -0.1) is 0 Å². The Labute approximate surface area is 209 Å². The Balaban J connectivity index is 1.14. The molecule has 190 valence electrons. The van der Waals surface area contributed by atoms with Gasteiger partial charge in [-0.1, -0.05) is 12.1 Å². The zero-order valence-electron chi connectivity index (χ0n) is 21.5. The third kappa shape index (κ3) is 5.89. The highest BCUT2D eigenvalue weighted by Gasteiger charge is 2.27. The fourth-order valence-electron chi connectivity index (χ4n) is 5.52. The molecule has 1 amide bonds. The van der Waals surface area contributed by atoms with Gasteiger partial charge in [-0.3, -0.25) is 4.90 Å². The summed E-state index contributed by atoms with van der Waals surface area (Å²) in [5.74, 6) is 0.682. The highest BCUT2D eigenvalue weighted by molar-refractivity contribution is 5.83. The van der Waals surface area contributed by atoms with Crippen LogP contribution in [0.15, 0.2) is 30.5 Å². The first-order chi connectivity index (χ1) is 16.9. The lowest BCUT2D eigenvalue weighted by Crippen LogP contribution is -2.50. The highest BCUT2D eigenvalue weighted by atomic mass is 16.6. The van der Waals surface area contributed by atoms with E-state index in [9.17, 15) is 4.79 Å². The van der Waals surface area contributed by atoms with Crippen LogP contribution in [0, 0.1) is 5.92 Å². The van der Waals surface area contributed by atoms with Crippen molar-refractivity contribution in [3.05, 3.63) is 36.0 Å². The second-order valence-corrected chi connectivity index (χ2v) is 11.3. The summed E-state index contributed by atoms with van der Waals surface area (Å²) >= 11 is 0. The molecule has 0 N–H and O–H groups in total. The summed E-state index contributed by atoms with van der Waals surface area (Å²) in [6.07, 6.45) is 11.2. The Hall–Kier alpha value is -2.38. The minimum atomic E-state index is -0.435. The van der Waals surface area contributed by atoms with Crippen LogP contribution < -0.4 is 0 Å². The predicted octanol–water partition coefficient (Wildman–Crippen LogP) is 5.47. The molecule has 3 aliphatic rings. The monoisotopic (exact) mass is 480 g/mol. The first-order valence-corrected chi connectivity index (χ1v) is 13.3. The number of hydrogen-bond donors (Lipinski definition) is 0. The molecule has 1 aromatic heterocycles. The van der Waals surface area contributed by atoms with Gasteiger partial charge in [-0.05, 0) is 88.5 Å². The molecular weight excluding hydrogens is 440 g/mol. The second-order valence-electron chi connectivity index (χ2n) is 11.3. The van der Waals surface area contributed by atoms with Crippen LogP contribution in [0.5, 0.6) is 0 Å². The van der Waals surface area contributed by atoms with E-state index in [2.05, 4.69) is 39.0 Å². The number of rotatable bonds is 4. The molecule has 2 unspecified atom stereocenters. The molecule has 0 bridgehead atoms. The van der Waals surface area contributed by atoms with E-state index in [4.69, 9.17) is 9.47 Å². The van der Waals surface area contributed by atoms with Gasteiger partial charge in [-0.25, -0.2) is 9.48 Å². The summed E-state index contributed by atoms with van der Waals surface area (Å²) < 4.78 is 13.5. The van der Waals surface area contributed by atoms with Crippen molar-refractivity contribution >= 4 is 22.6 Å². The highest BCUT2D eigenvalue weighted by Crippen LogP contribution is 2.33. The number of benzene rings is 1. The van der Waals surface area contributed by atoms with Crippen LogP contribution in [0.3, 0.4) is 0 Å². The number of carbonyl (C=O) groups excluding carboxylic acids is 1. The number of amides is 1. The summed E-state index contributed by atoms with van der Waals surface area (Å²) in [7, 11) is 0. The molecule has 5 rings (SSSR count). The molecule has 2 atom stereocenters. The van der Waals surface area contributed by atoms with Crippen molar-refractivity contribution in [2.75, 3.05) is 39.3 Å². The summed E-state index contributed by atoms with van der Waals surface area (Å²) in [5, 5.41) is 5.85. The Bertz CT molecular complexity index is 1060. The van der Waals surface area contributed by atoms with Gasteiger partial charge in [0.1, 0.15) is 5.60 Å². The van der Waals surface area contributed by atoms with Crippen LogP contribution in [-0.2, 0) is 9.47 Å². The van der Waals surface area contributed by atoms with Crippen molar-refractivity contribution in [3.8, 4) is 0 Å². The molecule has 3 heterocycles. The minimum absolute atomic E-state index is 0.0766. The number of allylic oxidation sites excluding steroid dienone is 2. The Morgan fingerprint density at radius 2 is 1.97 bits per heavy atom. The molecule has 2 saturated heterocycles. The van der Waals surface area contributed by atoms with Crippen LogP contribution in [0.1, 0.15) is 71.1 Å². The maximum atomic E-state index is 12.3. The standard InChI is InChI=1S/C28H40N4O3/c1-28(2,3)35-27(33)31-15-13-30(14-16-31)20-21-7-9-22(10-8-21)23-11-12-25-24(18-23)19-29-32(25)26-6-4-5-17-34-26/h9,11-12,18-19,21,26H,4-8,10,13-17,20H2,1-3H3. The first-order valence-electron chi connectivity index (χ1n) is 13.3. The van der Waals surface area contributed by atoms with Gasteiger partial charge >= 0.3 is 6.09 Å². The van der Waals surface area contributed by atoms with Crippen molar-refractivity contribution in [1.82, 2.24) is 19.6 Å². The molecule has 35 heavy (non-hydrogen) atoms. The van der Waals surface area contributed by atoms with Crippen LogP contribution in [0.4, 0.5) is 4.79 Å². The fourth-order valence-corrected chi connectivity index (χ4v) is 5.52. The number of hydrogen-bond acceptors (Lipinski definition) is 5. The minimum Gasteiger partial charge on any atom is -0.444 e. The van der Waals surface area contributed by atoms with Gasteiger partial charge in [0.15, 0.2) is 6.23 Å². The number of ether oxygens (including phenoxy) is 2. The maximum Gasteiger partial charge on any atom is 0.410 e. The smallest absolute Gasteiger partial charge is 0.410 e. The van der Waals surface area contributed by atoms with E-state index in [1.807, 2.05) is 31.9 Å². The molecule has 2 fully saturated rings. The average Bonchev–Trinajstić information content (AvgIpc) is 3.28. The van der Waals surface area contributed by atoms with E-state index in [0.29, 0.717) is 5.92 Å². The maximum absolute atomic E-state index is 12.3. The van der Waals surface area contributed by atoms with E-state index < -0.39 is 5.60 Å². The SMILES string of the molecule is CC(C)(C)OC(=O)N1CCN(CC2CC=C(c3ccc4c(cnn4C4CCCCO4)c3)CC2)CC1. The summed E-state index contributed by atoms with van der Waals surface area (Å²) in [6, 6.07) is 6.77. The van der Waals surface area contributed by atoms with Gasteiger partial charge in [0, 0.05) is 44.7 Å². The van der Waals surface area contributed by atoms with Gasteiger partial charge in [0.05, 0.1) is 11.7 Å². The van der Waals surface area contributed by atoms with Gasteiger partial charge in [-0.2, -0.15) is 5.10 Å². The van der Waals surface area contributed by atoms with Gasteiger partial charge in [0.25, 0.3) is 0 Å². The fraction of sp³-hybridized carbons (Fsp3) is 0.643. The second kappa shape index (κ2) is 10.3. The Morgan fingerprint density at radius 3 is 2.66 bits per heavy atom. The van der Waals surface area contributed by atoms with Crippen molar-refractivity contribution < 1.29 is 14.3 Å². The van der Waals surface area contributed by atoms with Crippen molar-refractivity contribution in [2.45, 2.75) is 71.1 Å². The molecule has 0 radical (unpaired) electrons. The lowest BCUT2D eigenvalue weighted by atomic mass is 9.86. The van der Waals surface area contributed by atoms with E-state index in [1.54, 1.807) is 0 Å². The average molecular weight is 481 g/mol. The third-order valence-corrected chi connectivity index (χ3v) is 7.45. The molecule has 0 saturated carbocycles. The van der Waals surface area contributed by atoms with Crippen LogP contribution in [0.25, 0.3) is 16.5 Å². The van der Waals surface area contributed by atoms with E-state index >= 15 is 0 Å². The summed E-state index contributed by atoms with van der Waals surface area (Å²) in [6.45, 7) is 11.1. The summed E-state index contributed by atoms with van der Waals surface area (Å²) in [4.78, 5) is 16.7. The third-order valence-electron chi connectivity index (χ3n) is 7.45. The van der Waals surface area contributed by atoms with Crippen LogP contribution >= 0.6 is 0 Å². The number of carbonyl (C=O) groups is 1. The van der Waals surface area contributed by atoms with Crippen molar-refractivity contribution in [2.24, 2.45) is 5.92 Å². The predicted molar refractivity (Wildman–Crippen MR) is 138 cm³/mol. The Morgan fingerprint density at radius 1 is 1.14 bits per heavy atom. The molecular formula is C28H40N4O3. The number of piperazine rings is 1. The number of aromatic nitrogens is 2. The normalized spacial score (nSPS) is 24.4. The largest absolute Gasteiger partial charge is 0.444 e. The molecule has 7 nitrogen and oxygen atoms in total. The topological polar surface area (TPSA) is 59.8 Å². The van der Waals surface area contributed by atoms with Gasteiger partial charge < -0.3 is 14.4 Å². The quantitative estimate of drug-likeness (QED) is 0.581. The molecule has 7 heteroatoms. The molecule has 1 aromatic carbocycles. The van der Waals surface area contributed by atoms with Crippen LogP contribution in [0.2, 0.25) is 0 Å². The number of fused-ring (bicyclic) bond motifs is 1. The Kier molecular flexibility index (Phi) is 7.17. The lowest BCUT2D eigenvalue weighted by Gasteiger charge is -2.37. The molecule has 1 aliphatic carbocycles. The molecule has 0 spiro atoms. The lowest BCUT2D eigenvalue weighted by molar-refractivity contribution is -0.0366. The van der Waals surface area contributed by atoms with E-state index in [-0.39, 0.29) is 12.3 Å². The molecule has 2 aliphatic heterocycles. The van der Waals surface area contributed by atoms with Crippen LogP contribution in [-0.4, -0.2) is 70.6 Å². The van der Waals surface area contributed by atoms with Crippen molar-refractivity contribution in [1.29, 1.82) is 0 Å².